The minimum Gasteiger partial charge on any atom is -0.406 e. The molecule has 0 bridgehead atoms. The maximum absolute atomic E-state index is 12.1. The first-order valence-electron chi connectivity index (χ1n) is 7.86. The van der Waals surface area contributed by atoms with Gasteiger partial charge in [0.2, 0.25) is 0 Å². The van der Waals surface area contributed by atoms with Gasteiger partial charge in [0.15, 0.2) is 5.96 Å². The van der Waals surface area contributed by atoms with E-state index in [4.69, 9.17) is 0 Å². The lowest BCUT2D eigenvalue weighted by atomic mass is 10.1. The first kappa shape index (κ1) is 22.1. The topological polar surface area (TPSA) is 50.6 Å². The Kier molecular flexibility index (Phi) is 9.31. The van der Waals surface area contributed by atoms with Crippen LogP contribution in [-0.4, -0.2) is 37.0 Å². The van der Waals surface area contributed by atoms with Gasteiger partial charge in [-0.3, -0.25) is 4.99 Å². The molecule has 0 unspecified atom stereocenters. The van der Waals surface area contributed by atoms with E-state index in [1.54, 1.807) is 19.2 Å². The van der Waals surface area contributed by atoms with Crippen LogP contribution in [0.3, 0.4) is 0 Å². The van der Waals surface area contributed by atoms with E-state index in [2.05, 4.69) is 24.9 Å². The smallest absolute Gasteiger partial charge is 0.406 e. The van der Waals surface area contributed by atoms with Crippen LogP contribution in [-0.2, 0) is 13.0 Å². The molecule has 0 aliphatic carbocycles. The molecule has 2 rings (SSSR count). The van der Waals surface area contributed by atoms with Crippen molar-refractivity contribution in [2.24, 2.45) is 4.99 Å². The molecular formula is C17H22F3IN4O. The summed E-state index contributed by atoms with van der Waals surface area (Å²) in [5.74, 6) is 0.468. The van der Waals surface area contributed by atoms with Crippen molar-refractivity contribution in [1.29, 1.82) is 0 Å². The van der Waals surface area contributed by atoms with Crippen LogP contribution in [0.15, 0.2) is 53.8 Å². The lowest BCUT2D eigenvalue weighted by Gasteiger charge is -2.13. The molecule has 2 N–H and O–H groups in total. The molecule has 0 amide bonds. The van der Waals surface area contributed by atoms with Crippen molar-refractivity contribution < 1.29 is 17.9 Å². The molecule has 1 aromatic heterocycles. The largest absolute Gasteiger partial charge is 0.573 e. The van der Waals surface area contributed by atoms with E-state index in [9.17, 15) is 13.2 Å². The fraction of sp³-hybridized carbons (Fsp3) is 0.353. The fourth-order valence-corrected chi connectivity index (χ4v) is 2.23. The second kappa shape index (κ2) is 10.9. The van der Waals surface area contributed by atoms with Gasteiger partial charge in [0.05, 0.1) is 0 Å². The normalized spacial score (nSPS) is 11.6. The van der Waals surface area contributed by atoms with Crippen molar-refractivity contribution in [2.45, 2.75) is 19.3 Å². The molecule has 26 heavy (non-hydrogen) atoms. The highest BCUT2D eigenvalue weighted by Gasteiger charge is 2.30. The average molecular weight is 482 g/mol. The van der Waals surface area contributed by atoms with Gasteiger partial charge in [0.25, 0.3) is 0 Å². The fourth-order valence-electron chi connectivity index (χ4n) is 2.23. The number of aromatic nitrogens is 1. The van der Waals surface area contributed by atoms with Gasteiger partial charge in [-0.1, -0.05) is 12.1 Å². The number of aliphatic imine (C=N–C) groups is 1. The summed E-state index contributed by atoms with van der Waals surface area (Å²) < 4.78 is 42.2. The average Bonchev–Trinajstić information content (AvgIpc) is 3.07. The number of alkyl halides is 3. The molecule has 5 nitrogen and oxygen atoms in total. The summed E-state index contributed by atoms with van der Waals surface area (Å²) in [5.41, 5.74) is 0.907. The highest BCUT2D eigenvalue weighted by Crippen LogP contribution is 2.22. The van der Waals surface area contributed by atoms with Gasteiger partial charge in [-0.2, -0.15) is 0 Å². The third kappa shape index (κ3) is 8.45. The lowest BCUT2D eigenvalue weighted by molar-refractivity contribution is -0.274. The molecule has 1 heterocycles. The van der Waals surface area contributed by atoms with Crippen LogP contribution >= 0.6 is 24.0 Å². The molecular weight excluding hydrogens is 460 g/mol. The van der Waals surface area contributed by atoms with E-state index in [1.807, 2.05) is 24.5 Å². The molecule has 0 spiro atoms. The molecule has 0 aliphatic rings. The van der Waals surface area contributed by atoms with Gasteiger partial charge in [-0.15, -0.1) is 37.1 Å². The number of hydrogen-bond donors (Lipinski definition) is 2. The maximum Gasteiger partial charge on any atom is 0.573 e. The Balaban J connectivity index is 0.00000338. The number of benzene rings is 1. The monoisotopic (exact) mass is 482 g/mol. The third-order valence-corrected chi connectivity index (χ3v) is 3.42. The number of nitrogens with zero attached hydrogens (tertiary/aromatic N) is 2. The Hall–Kier alpha value is -1.91. The minimum absolute atomic E-state index is 0. The molecule has 144 valence electrons. The van der Waals surface area contributed by atoms with Crippen LogP contribution < -0.4 is 15.4 Å². The van der Waals surface area contributed by atoms with E-state index in [-0.39, 0.29) is 29.7 Å². The van der Waals surface area contributed by atoms with Crippen molar-refractivity contribution in [2.75, 3.05) is 20.1 Å². The van der Waals surface area contributed by atoms with E-state index >= 15 is 0 Å². The SMILES string of the molecule is CN=C(NCCc1ccc(OC(F)(F)F)cc1)NCCn1cccc1.I. The van der Waals surface area contributed by atoms with E-state index in [0.717, 1.165) is 18.7 Å². The van der Waals surface area contributed by atoms with Crippen LogP contribution in [0.25, 0.3) is 0 Å². The molecule has 2 aromatic rings. The van der Waals surface area contributed by atoms with Crippen molar-refractivity contribution in [1.82, 2.24) is 15.2 Å². The van der Waals surface area contributed by atoms with E-state index in [1.165, 1.54) is 12.1 Å². The Bertz CT molecular complexity index is 658. The summed E-state index contributed by atoms with van der Waals surface area (Å²) in [7, 11) is 1.69. The van der Waals surface area contributed by atoms with E-state index in [0.29, 0.717) is 18.9 Å². The molecule has 0 saturated carbocycles. The first-order valence-corrected chi connectivity index (χ1v) is 7.86. The molecule has 0 radical (unpaired) electrons. The minimum atomic E-state index is -4.66. The standard InChI is InChI=1S/C17H21F3N4O.HI/c1-21-16(23-10-13-24-11-2-3-12-24)22-9-8-14-4-6-15(7-5-14)25-17(18,19)20;/h2-7,11-12H,8-10,13H2,1H3,(H2,21,22,23);1H. The van der Waals surface area contributed by atoms with Crippen molar-refractivity contribution >= 4 is 29.9 Å². The number of nitrogens with one attached hydrogen (secondary N) is 2. The van der Waals surface area contributed by atoms with Crippen LogP contribution in [0.5, 0.6) is 5.75 Å². The van der Waals surface area contributed by atoms with Gasteiger partial charge < -0.3 is 19.9 Å². The Labute approximate surface area is 167 Å². The third-order valence-electron chi connectivity index (χ3n) is 3.42. The summed E-state index contributed by atoms with van der Waals surface area (Å²) in [6.45, 7) is 2.18. The Morgan fingerprint density at radius 1 is 1.08 bits per heavy atom. The number of ether oxygens (including phenoxy) is 1. The molecule has 0 atom stereocenters. The van der Waals surface area contributed by atoms with Gasteiger partial charge in [0, 0.05) is 39.1 Å². The predicted octanol–water partition coefficient (Wildman–Crippen LogP) is 3.41. The quantitative estimate of drug-likeness (QED) is 0.362. The van der Waals surface area contributed by atoms with Crippen molar-refractivity contribution in [3.63, 3.8) is 0 Å². The van der Waals surface area contributed by atoms with Gasteiger partial charge in [-0.25, -0.2) is 0 Å². The van der Waals surface area contributed by atoms with Crippen LogP contribution in [0.1, 0.15) is 5.56 Å². The summed E-state index contributed by atoms with van der Waals surface area (Å²) in [4.78, 5) is 4.13. The molecule has 0 saturated heterocycles. The number of guanidine groups is 1. The number of halogens is 4. The summed E-state index contributed by atoms with van der Waals surface area (Å²) in [6, 6.07) is 9.80. The number of rotatable bonds is 7. The Morgan fingerprint density at radius 3 is 2.27 bits per heavy atom. The van der Waals surface area contributed by atoms with Crippen LogP contribution in [0, 0.1) is 0 Å². The van der Waals surface area contributed by atoms with Crippen molar-refractivity contribution in [3.8, 4) is 5.75 Å². The zero-order chi connectivity index (χ0) is 18.1. The highest BCUT2D eigenvalue weighted by atomic mass is 127. The summed E-state index contributed by atoms with van der Waals surface area (Å²) in [5, 5.41) is 6.37. The molecule has 9 heteroatoms. The molecule has 0 fully saturated rings. The maximum atomic E-state index is 12.1. The second-order valence-corrected chi connectivity index (χ2v) is 5.29. The van der Waals surface area contributed by atoms with E-state index < -0.39 is 6.36 Å². The zero-order valence-electron chi connectivity index (χ0n) is 14.3. The van der Waals surface area contributed by atoms with Crippen LogP contribution in [0.2, 0.25) is 0 Å². The zero-order valence-corrected chi connectivity index (χ0v) is 16.6. The first-order chi connectivity index (χ1) is 12.0. The van der Waals surface area contributed by atoms with Gasteiger partial charge in [-0.05, 0) is 36.2 Å². The summed E-state index contributed by atoms with van der Waals surface area (Å²) in [6.07, 6.45) is -0.0272. The predicted molar refractivity (Wildman–Crippen MR) is 106 cm³/mol. The Morgan fingerprint density at radius 2 is 1.69 bits per heavy atom. The summed E-state index contributed by atoms with van der Waals surface area (Å²) >= 11 is 0. The van der Waals surface area contributed by atoms with Gasteiger partial charge in [0.1, 0.15) is 5.75 Å². The molecule has 1 aromatic carbocycles. The highest BCUT2D eigenvalue weighted by molar-refractivity contribution is 14.0. The molecule has 0 aliphatic heterocycles. The van der Waals surface area contributed by atoms with Crippen molar-refractivity contribution in [3.05, 3.63) is 54.4 Å². The van der Waals surface area contributed by atoms with Crippen LogP contribution in [0.4, 0.5) is 13.2 Å². The lowest BCUT2D eigenvalue weighted by Crippen LogP contribution is -2.39. The number of hydrogen-bond acceptors (Lipinski definition) is 2. The second-order valence-electron chi connectivity index (χ2n) is 5.29. The van der Waals surface area contributed by atoms with Gasteiger partial charge >= 0.3 is 6.36 Å².